The van der Waals surface area contributed by atoms with Crippen LogP contribution in [-0.2, 0) is 31.9 Å². The van der Waals surface area contributed by atoms with Crippen LogP contribution in [0.3, 0.4) is 0 Å². The number of pyridine rings is 2. The molecule has 2 aromatic heterocycles. The second-order valence-electron chi connectivity index (χ2n) is 17.6. The Labute approximate surface area is 386 Å². The van der Waals surface area contributed by atoms with Gasteiger partial charge in [0.25, 0.3) is 0 Å². The topological polar surface area (TPSA) is 46.0 Å². The molecule has 0 unspecified atom stereocenters. The third-order valence-electron chi connectivity index (χ3n) is 12.0. The molecular formula is C59H49N2OPt-. The average Bonchev–Trinajstić information content (AvgIpc) is 3.32. The summed E-state index contributed by atoms with van der Waals surface area (Å²) in [4.78, 5) is 10.3. The van der Waals surface area contributed by atoms with Crippen LogP contribution < -0.4 is 0 Å². The van der Waals surface area contributed by atoms with Gasteiger partial charge in [-0.3, -0.25) is 9.97 Å². The van der Waals surface area contributed by atoms with E-state index >= 15 is 0 Å². The van der Waals surface area contributed by atoms with Gasteiger partial charge in [0.1, 0.15) is 5.75 Å². The van der Waals surface area contributed by atoms with E-state index in [0.29, 0.717) is 11.3 Å². The fraction of sp³-hybridized carbons (Fsp3) is 0.119. The van der Waals surface area contributed by atoms with Crippen LogP contribution in [0.15, 0.2) is 200 Å². The van der Waals surface area contributed by atoms with E-state index in [4.69, 9.17) is 9.97 Å². The van der Waals surface area contributed by atoms with E-state index < -0.39 is 0 Å². The molecule has 2 heterocycles. The summed E-state index contributed by atoms with van der Waals surface area (Å²) in [5, 5.41) is 11.9. The van der Waals surface area contributed by atoms with Crippen molar-refractivity contribution in [3.8, 4) is 84.0 Å². The quantitative estimate of drug-likeness (QED) is 0.147. The molecule has 1 N–H and O–H groups in total. The third kappa shape index (κ3) is 8.99. The number of para-hydroxylation sites is 1. The van der Waals surface area contributed by atoms with Crippen molar-refractivity contribution in [2.45, 2.75) is 45.4 Å². The van der Waals surface area contributed by atoms with Crippen molar-refractivity contribution in [2.24, 2.45) is 0 Å². The van der Waals surface area contributed by atoms with Gasteiger partial charge in [0.05, 0.1) is 5.69 Å². The molecule has 9 rings (SSSR count). The summed E-state index contributed by atoms with van der Waals surface area (Å²) in [5.74, 6) is 0.241. The normalized spacial score (nSPS) is 11.5. The maximum Gasteiger partial charge on any atom is 0.128 e. The summed E-state index contributed by atoms with van der Waals surface area (Å²) in [6.45, 7) is 10.9. The zero-order valence-corrected chi connectivity index (χ0v) is 38.5. The second-order valence-corrected chi connectivity index (χ2v) is 17.6. The Hall–Kier alpha value is -6.67. The summed E-state index contributed by atoms with van der Waals surface area (Å²) in [7, 11) is 0. The average molecular weight is 997 g/mol. The molecule has 3 nitrogen and oxygen atoms in total. The maximum absolute atomic E-state index is 11.9. The van der Waals surface area contributed by atoms with Crippen LogP contribution in [0, 0.1) is 6.07 Å². The van der Waals surface area contributed by atoms with Crippen LogP contribution in [0.5, 0.6) is 5.75 Å². The van der Waals surface area contributed by atoms with Gasteiger partial charge in [-0.15, -0.1) is 18.2 Å². The van der Waals surface area contributed by atoms with Crippen LogP contribution >= 0.6 is 0 Å². The van der Waals surface area contributed by atoms with Crippen LogP contribution in [0.2, 0.25) is 0 Å². The van der Waals surface area contributed by atoms with E-state index in [0.717, 1.165) is 72.6 Å². The van der Waals surface area contributed by atoms with Gasteiger partial charge in [0.15, 0.2) is 0 Å². The predicted molar refractivity (Wildman–Crippen MR) is 258 cm³/mol. The summed E-state index contributed by atoms with van der Waals surface area (Å²) >= 11 is 0. The molecule has 9 aromatic rings. The maximum atomic E-state index is 11.9. The molecule has 0 atom stereocenters. The van der Waals surface area contributed by atoms with E-state index in [2.05, 4.69) is 204 Å². The van der Waals surface area contributed by atoms with Gasteiger partial charge in [0.2, 0.25) is 0 Å². The Morgan fingerprint density at radius 1 is 0.413 bits per heavy atom. The molecule has 0 radical (unpaired) electrons. The summed E-state index contributed by atoms with van der Waals surface area (Å²) < 4.78 is 0. The van der Waals surface area contributed by atoms with E-state index in [1.807, 2.05) is 36.5 Å². The van der Waals surface area contributed by atoms with Gasteiger partial charge < -0.3 is 5.11 Å². The monoisotopic (exact) mass is 996 g/mol. The fourth-order valence-electron chi connectivity index (χ4n) is 8.42. The Balaban J connectivity index is 0.00000544. The first kappa shape index (κ1) is 43.0. The molecule has 0 spiro atoms. The smallest absolute Gasteiger partial charge is 0.128 e. The molecular weight excluding hydrogens is 948 g/mol. The number of phenolic OH excluding ortho intramolecular Hbond substituents is 1. The molecule has 0 fully saturated rings. The van der Waals surface area contributed by atoms with Crippen LogP contribution in [0.25, 0.3) is 78.3 Å². The van der Waals surface area contributed by atoms with E-state index in [-0.39, 0.29) is 37.6 Å². The minimum Gasteiger partial charge on any atom is -0.507 e. The van der Waals surface area contributed by atoms with Crippen molar-refractivity contribution in [1.29, 1.82) is 0 Å². The van der Waals surface area contributed by atoms with Gasteiger partial charge in [0, 0.05) is 49.6 Å². The number of phenols is 1. The largest absolute Gasteiger partial charge is 0.507 e. The summed E-state index contributed by atoms with van der Waals surface area (Å²) in [5.41, 5.74) is 16.1. The SMILES string of the molecule is CC(C)(C)c1cccc(-c2cc(-c3ccccc3-c3ccccc3)cc(-c3[c-]c(-c4cc(-c5ccccc5)ccn4)cc(-c4ccc(C(C)(C)c5ccccc5)cc4)c3)n2)c1O.[Pt]. The van der Waals surface area contributed by atoms with E-state index in [1.54, 1.807) is 0 Å². The van der Waals surface area contributed by atoms with Crippen molar-refractivity contribution >= 4 is 0 Å². The molecule has 0 amide bonds. The number of aromatic hydroxyl groups is 1. The first-order valence-corrected chi connectivity index (χ1v) is 21.3. The number of rotatable bonds is 9. The molecule has 0 bridgehead atoms. The molecule has 0 aliphatic carbocycles. The van der Waals surface area contributed by atoms with Gasteiger partial charge in [-0.05, 0) is 79.2 Å². The zero-order chi connectivity index (χ0) is 42.8. The van der Waals surface area contributed by atoms with Crippen LogP contribution in [0.1, 0.15) is 51.3 Å². The number of hydrogen-bond donors (Lipinski definition) is 1. The van der Waals surface area contributed by atoms with Crippen molar-refractivity contribution in [2.75, 3.05) is 0 Å². The van der Waals surface area contributed by atoms with Gasteiger partial charge in [-0.2, -0.15) is 0 Å². The van der Waals surface area contributed by atoms with Crippen molar-refractivity contribution in [1.82, 2.24) is 9.97 Å². The van der Waals surface area contributed by atoms with Crippen LogP contribution in [-0.4, -0.2) is 15.1 Å². The Morgan fingerprint density at radius 2 is 0.921 bits per heavy atom. The number of hydrogen-bond acceptors (Lipinski definition) is 3. The third-order valence-corrected chi connectivity index (χ3v) is 12.0. The number of benzene rings is 7. The molecule has 312 valence electrons. The van der Waals surface area contributed by atoms with Crippen molar-refractivity contribution in [3.05, 3.63) is 223 Å². The fourth-order valence-corrected chi connectivity index (χ4v) is 8.42. The molecule has 0 saturated carbocycles. The Kier molecular flexibility index (Phi) is 12.3. The number of aromatic nitrogens is 2. The molecule has 0 saturated heterocycles. The first-order chi connectivity index (χ1) is 30.0. The van der Waals surface area contributed by atoms with E-state index in [9.17, 15) is 5.11 Å². The minimum atomic E-state index is -0.273. The predicted octanol–water partition coefficient (Wildman–Crippen LogP) is 15.3. The Bertz CT molecular complexity index is 3010. The molecule has 7 aromatic carbocycles. The van der Waals surface area contributed by atoms with Gasteiger partial charge in [-0.25, -0.2) is 0 Å². The van der Waals surface area contributed by atoms with Crippen LogP contribution in [0.4, 0.5) is 0 Å². The molecule has 0 aliphatic heterocycles. The van der Waals surface area contributed by atoms with Gasteiger partial charge in [-0.1, -0.05) is 215 Å². The molecule has 63 heavy (non-hydrogen) atoms. The zero-order valence-electron chi connectivity index (χ0n) is 36.2. The van der Waals surface area contributed by atoms with Gasteiger partial charge >= 0.3 is 0 Å². The minimum absolute atomic E-state index is 0. The number of nitrogens with zero attached hydrogens (tertiary/aromatic N) is 2. The van der Waals surface area contributed by atoms with E-state index in [1.165, 1.54) is 11.1 Å². The summed E-state index contributed by atoms with van der Waals surface area (Å²) in [6, 6.07) is 71.6. The standard InChI is InChI=1S/C59H49N2O.Pt/c1-58(2,3)53-27-17-26-52(57(53)62)56-39-45(51-25-16-15-24-50(51)42-20-11-7-12-21-42)38-55(61-56)47-35-44(41-28-30-49(31-29-41)59(4,5)48-22-13-8-14-23-48)34-46(36-47)54-37-43(32-33-60-54)40-18-9-6-10-19-40;/h6-35,37-39,62H,1-5H3;/q-1;. The first-order valence-electron chi connectivity index (χ1n) is 21.3. The van der Waals surface area contributed by atoms with Crippen molar-refractivity contribution in [3.63, 3.8) is 0 Å². The molecule has 4 heteroatoms. The summed E-state index contributed by atoms with van der Waals surface area (Å²) in [6.07, 6.45) is 1.88. The molecule has 0 aliphatic rings. The van der Waals surface area contributed by atoms with Crippen molar-refractivity contribution < 1.29 is 26.2 Å². The second kappa shape index (κ2) is 18.0. The Morgan fingerprint density at radius 3 is 1.57 bits per heavy atom.